The maximum Gasteiger partial charge on any atom is 0.142 e. The lowest BCUT2D eigenvalue weighted by molar-refractivity contribution is 0.800. The van der Waals surface area contributed by atoms with E-state index in [-0.39, 0.29) is 4.75 Å². The summed E-state index contributed by atoms with van der Waals surface area (Å²) in [5, 5.41) is 1.38. The first-order valence-corrected chi connectivity index (χ1v) is 8.50. The molecule has 1 aromatic carbocycles. The van der Waals surface area contributed by atoms with Crippen molar-refractivity contribution in [3.63, 3.8) is 0 Å². The third-order valence-electron chi connectivity index (χ3n) is 2.63. The number of benzene rings is 1. The second-order valence-electron chi connectivity index (χ2n) is 5.50. The first kappa shape index (κ1) is 16.9. The van der Waals surface area contributed by atoms with Gasteiger partial charge in [0.2, 0.25) is 0 Å². The summed E-state index contributed by atoms with van der Waals surface area (Å²) >= 11 is 20.2. The van der Waals surface area contributed by atoms with Crippen LogP contribution in [0.25, 0.3) is 11.1 Å². The molecule has 2 aromatic rings. The molecule has 0 aliphatic carbocycles. The van der Waals surface area contributed by atoms with Gasteiger partial charge in [0, 0.05) is 9.77 Å². The molecule has 2 nitrogen and oxygen atoms in total. The summed E-state index contributed by atoms with van der Waals surface area (Å²) in [6.45, 7) is 6.43. The van der Waals surface area contributed by atoms with Crippen molar-refractivity contribution in [2.24, 2.45) is 0 Å². The summed E-state index contributed by atoms with van der Waals surface area (Å²) in [6, 6.07) is 7.27. The minimum atomic E-state index is 0.136. The Morgan fingerprint density at radius 1 is 0.952 bits per heavy atom. The van der Waals surface area contributed by atoms with E-state index in [0.29, 0.717) is 32.5 Å². The van der Waals surface area contributed by atoms with Crippen LogP contribution in [0.3, 0.4) is 0 Å². The Hall–Kier alpha value is -0.480. The molecular weight excluding hydrogens is 347 g/mol. The first-order chi connectivity index (χ1) is 9.76. The summed E-state index contributed by atoms with van der Waals surface area (Å²) < 4.78 is 0.136. The third kappa shape index (κ3) is 4.75. The maximum atomic E-state index is 6.28. The molecule has 0 unspecified atom stereocenters. The van der Waals surface area contributed by atoms with Crippen LogP contribution in [-0.2, 0) is 5.75 Å². The second kappa shape index (κ2) is 6.74. The number of aromatic nitrogens is 2. The Labute approximate surface area is 144 Å². The number of hydrogen-bond donors (Lipinski definition) is 0. The van der Waals surface area contributed by atoms with Gasteiger partial charge < -0.3 is 0 Å². The van der Waals surface area contributed by atoms with Crippen LogP contribution < -0.4 is 0 Å². The fraction of sp³-hybridized carbons (Fsp3) is 0.333. The van der Waals surface area contributed by atoms with Gasteiger partial charge in [0.25, 0.3) is 0 Å². The van der Waals surface area contributed by atoms with Crippen LogP contribution >= 0.6 is 46.6 Å². The SMILES string of the molecule is CC(C)(C)SCc1nc(Cl)c(-c2ccc(Cl)cc2)c(Cl)n1. The average Bonchev–Trinajstić information content (AvgIpc) is 2.37. The van der Waals surface area contributed by atoms with Crippen molar-refractivity contribution in [3.05, 3.63) is 45.4 Å². The average molecular weight is 362 g/mol. The van der Waals surface area contributed by atoms with Crippen molar-refractivity contribution < 1.29 is 0 Å². The van der Waals surface area contributed by atoms with E-state index in [2.05, 4.69) is 30.7 Å². The maximum absolute atomic E-state index is 6.28. The molecule has 0 aliphatic rings. The Bertz CT molecular complexity index is 613. The fourth-order valence-electron chi connectivity index (χ4n) is 1.65. The van der Waals surface area contributed by atoms with Gasteiger partial charge in [0.1, 0.15) is 16.1 Å². The molecule has 112 valence electrons. The van der Waals surface area contributed by atoms with Crippen LogP contribution in [0.2, 0.25) is 15.3 Å². The predicted molar refractivity (Wildman–Crippen MR) is 93.5 cm³/mol. The summed E-state index contributed by atoms with van der Waals surface area (Å²) in [4.78, 5) is 8.70. The minimum Gasteiger partial charge on any atom is -0.220 e. The number of thioether (sulfide) groups is 1. The highest BCUT2D eigenvalue weighted by atomic mass is 35.5. The van der Waals surface area contributed by atoms with Crippen molar-refractivity contribution >= 4 is 46.6 Å². The Morgan fingerprint density at radius 3 is 1.95 bits per heavy atom. The smallest absolute Gasteiger partial charge is 0.142 e. The fourth-order valence-corrected chi connectivity index (χ4v) is 3.11. The van der Waals surface area contributed by atoms with E-state index in [1.54, 1.807) is 23.9 Å². The third-order valence-corrected chi connectivity index (χ3v) is 4.70. The van der Waals surface area contributed by atoms with Gasteiger partial charge in [0.05, 0.1) is 11.3 Å². The van der Waals surface area contributed by atoms with Crippen LogP contribution in [0.15, 0.2) is 24.3 Å². The number of nitrogens with zero attached hydrogens (tertiary/aromatic N) is 2. The minimum absolute atomic E-state index is 0.136. The molecule has 6 heteroatoms. The quantitative estimate of drug-likeness (QED) is 0.614. The molecule has 2 rings (SSSR count). The Morgan fingerprint density at radius 2 is 1.48 bits per heavy atom. The number of hydrogen-bond acceptors (Lipinski definition) is 3. The zero-order chi connectivity index (χ0) is 15.6. The van der Waals surface area contributed by atoms with E-state index < -0.39 is 0 Å². The lowest BCUT2D eigenvalue weighted by Gasteiger charge is -2.17. The van der Waals surface area contributed by atoms with Crippen molar-refractivity contribution in [1.82, 2.24) is 9.97 Å². The molecule has 1 heterocycles. The van der Waals surface area contributed by atoms with Crippen LogP contribution in [0.1, 0.15) is 26.6 Å². The van der Waals surface area contributed by atoms with Gasteiger partial charge in [-0.15, -0.1) is 11.8 Å². The molecular formula is C15H15Cl3N2S. The molecule has 21 heavy (non-hydrogen) atoms. The molecule has 0 saturated carbocycles. The van der Waals surface area contributed by atoms with Gasteiger partial charge in [-0.1, -0.05) is 67.7 Å². The monoisotopic (exact) mass is 360 g/mol. The van der Waals surface area contributed by atoms with E-state index in [4.69, 9.17) is 34.8 Å². The van der Waals surface area contributed by atoms with Crippen LogP contribution in [0, 0.1) is 0 Å². The molecule has 0 atom stereocenters. The van der Waals surface area contributed by atoms with E-state index >= 15 is 0 Å². The van der Waals surface area contributed by atoms with Crippen LogP contribution in [0.4, 0.5) is 0 Å². The van der Waals surface area contributed by atoms with Gasteiger partial charge in [-0.25, -0.2) is 9.97 Å². The van der Waals surface area contributed by atoms with Gasteiger partial charge in [-0.3, -0.25) is 0 Å². The normalized spacial score (nSPS) is 11.7. The molecule has 1 aromatic heterocycles. The largest absolute Gasteiger partial charge is 0.220 e. The van der Waals surface area contributed by atoms with Gasteiger partial charge in [-0.2, -0.15) is 0 Å². The number of rotatable bonds is 3. The predicted octanol–water partition coefficient (Wildman–Crippen LogP) is 6.14. The van der Waals surface area contributed by atoms with Gasteiger partial charge in [0.15, 0.2) is 0 Å². The Balaban J connectivity index is 2.31. The zero-order valence-corrected chi connectivity index (χ0v) is 15.0. The molecule has 0 radical (unpaired) electrons. The van der Waals surface area contributed by atoms with Crippen molar-refractivity contribution in [1.29, 1.82) is 0 Å². The van der Waals surface area contributed by atoms with E-state index in [9.17, 15) is 0 Å². The molecule has 0 saturated heterocycles. The van der Waals surface area contributed by atoms with Gasteiger partial charge in [-0.05, 0) is 17.7 Å². The van der Waals surface area contributed by atoms with E-state index in [0.717, 1.165) is 5.56 Å². The summed E-state index contributed by atoms with van der Waals surface area (Å²) in [5.41, 5.74) is 1.49. The second-order valence-corrected chi connectivity index (χ2v) is 8.46. The summed E-state index contributed by atoms with van der Waals surface area (Å²) in [5.74, 6) is 1.31. The highest BCUT2D eigenvalue weighted by Crippen LogP contribution is 2.34. The zero-order valence-electron chi connectivity index (χ0n) is 12.0. The highest BCUT2D eigenvalue weighted by Gasteiger charge is 2.16. The van der Waals surface area contributed by atoms with Crippen molar-refractivity contribution in [2.75, 3.05) is 0 Å². The molecule has 0 amide bonds. The highest BCUT2D eigenvalue weighted by molar-refractivity contribution is 7.99. The topological polar surface area (TPSA) is 25.8 Å². The molecule has 0 N–H and O–H groups in total. The first-order valence-electron chi connectivity index (χ1n) is 6.38. The van der Waals surface area contributed by atoms with E-state index in [1.807, 2.05) is 12.1 Å². The number of halogens is 3. The van der Waals surface area contributed by atoms with E-state index in [1.165, 1.54) is 0 Å². The summed E-state index contributed by atoms with van der Waals surface area (Å²) in [6.07, 6.45) is 0. The molecule has 0 bridgehead atoms. The molecule has 0 aliphatic heterocycles. The van der Waals surface area contributed by atoms with Crippen LogP contribution in [-0.4, -0.2) is 14.7 Å². The van der Waals surface area contributed by atoms with Crippen molar-refractivity contribution in [2.45, 2.75) is 31.3 Å². The van der Waals surface area contributed by atoms with Gasteiger partial charge >= 0.3 is 0 Å². The summed E-state index contributed by atoms with van der Waals surface area (Å²) in [7, 11) is 0. The lowest BCUT2D eigenvalue weighted by Crippen LogP contribution is -2.09. The molecule has 0 spiro atoms. The Kier molecular flexibility index (Phi) is 5.42. The molecule has 0 fully saturated rings. The van der Waals surface area contributed by atoms with Crippen molar-refractivity contribution in [3.8, 4) is 11.1 Å². The van der Waals surface area contributed by atoms with Crippen LogP contribution in [0.5, 0.6) is 0 Å². The standard InChI is InChI=1S/C15H15Cl3N2S/c1-15(2,3)21-8-11-19-13(17)12(14(18)20-11)9-4-6-10(16)7-5-9/h4-7H,8H2,1-3H3. The lowest BCUT2D eigenvalue weighted by atomic mass is 10.1.